The first-order valence-electron chi connectivity index (χ1n) is 6.22. The quantitative estimate of drug-likeness (QED) is 0.757. The molecule has 1 rings (SSSR count). The van der Waals surface area contributed by atoms with Crippen LogP contribution in [-0.2, 0) is 11.2 Å². The standard InChI is InChI=1S/C14H22N2O/c1-12(2)8-11-16(3)14(17)5-4-13-6-9-15-10-7-13/h6-7,9-10,12H,4-5,8,11H2,1-3H3. The second-order valence-electron chi connectivity index (χ2n) is 4.85. The van der Waals surface area contributed by atoms with Crippen LogP contribution in [0.2, 0.25) is 0 Å². The third-order valence-electron chi connectivity index (χ3n) is 2.84. The fourth-order valence-corrected chi connectivity index (χ4v) is 1.57. The van der Waals surface area contributed by atoms with Crippen molar-refractivity contribution in [2.75, 3.05) is 13.6 Å². The predicted octanol–water partition coefficient (Wildman–Crippen LogP) is 2.52. The zero-order chi connectivity index (χ0) is 12.7. The Morgan fingerprint density at radius 3 is 2.59 bits per heavy atom. The van der Waals surface area contributed by atoms with Crippen molar-refractivity contribution in [1.29, 1.82) is 0 Å². The molecule has 94 valence electrons. The Hall–Kier alpha value is -1.38. The van der Waals surface area contributed by atoms with Gasteiger partial charge in [0.2, 0.25) is 5.91 Å². The number of aromatic nitrogens is 1. The van der Waals surface area contributed by atoms with Crippen LogP contribution in [0.15, 0.2) is 24.5 Å². The van der Waals surface area contributed by atoms with E-state index >= 15 is 0 Å². The number of amides is 1. The van der Waals surface area contributed by atoms with Crippen LogP contribution in [-0.4, -0.2) is 29.4 Å². The Bertz CT molecular complexity index is 335. The maximum Gasteiger partial charge on any atom is 0.222 e. The van der Waals surface area contributed by atoms with Gasteiger partial charge in [0.25, 0.3) is 0 Å². The van der Waals surface area contributed by atoms with E-state index in [0.29, 0.717) is 12.3 Å². The molecule has 0 aromatic carbocycles. The largest absolute Gasteiger partial charge is 0.346 e. The van der Waals surface area contributed by atoms with Crippen molar-refractivity contribution in [2.45, 2.75) is 33.1 Å². The summed E-state index contributed by atoms with van der Waals surface area (Å²) in [6.45, 7) is 5.21. The molecule has 1 amide bonds. The Labute approximate surface area is 104 Å². The van der Waals surface area contributed by atoms with Crippen molar-refractivity contribution in [2.24, 2.45) is 5.92 Å². The lowest BCUT2D eigenvalue weighted by Crippen LogP contribution is -2.28. The number of aryl methyl sites for hydroxylation is 1. The summed E-state index contributed by atoms with van der Waals surface area (Å²) in [7, 11) is 1.89. The van der Waals surface area contributed by atoms with E-state index in [2.05, 4.69) is 18.8 Å². The fraction of sp³-hybridized carbons (Fsp3) is 0.571. The van der Waals surface area contributed by atoms with Gasteiger partial charge in [-0.2, -0.15) is 0 Å². The second-order valence-corrected chi connectivity index (χ2v) is 4.85. The second kappa shape index (κ2) is 7.05. The van der Waals surface area contributed by atoms with E-state index in [0.717, 1.165) is 19.4 Å². The number of pyridine rings is 1. The van der Waals surface area contributed by atoms with Crippen molar-refractivity contribution in [3.63, 3.8) is 0 Å². The van der Waals surface area contributed by atoms with Gasteiger partial charge in [0.05, 0.1) is 0 Å². The monoisotopic (exact) mass is 234 g/mol. The first-order chi connectivity index (χ1) is 8.09. The van der Waals surface area contributed by atoms with Crippen molar-refractivity contribution in [3.05, 3.63) is 30.1 Å². The molecule has 0 atom stereocenters. The van der Waals surface area contributed by atoms with E-state index in [1.54, 1.807) is 12.4 Å². The highest BCUT2D eigenvalue weighted by Gasteiger charge is 2.09. The zero-order valence-corrected chi connectivity index (χ0v) is 11.0. The molecular formula is C14H22N2O. The summed E-state index contributed by atoms with van der Waals surface area (Å²) in [6.07, 6.45) is 5.98. The van der Waals surface area contributed by atoms with Crippen molar-refractivity contribution >= 4 is 5.91 Å². The summed E-state index contributed by atoms with van der Waals surface area (Å²) < 4.78 is 0. The number of carbonyl (C=O) groups excluding carboxylic acids is 1. The molecule has 0 saturated carbocycles. The summed E-state index contributed by atoms with van der Waals surface area (Å²) in [5.41, 5.74) is 1.17. The normalized spacial score (nSPS) is 10.6. The van der Waals surface area contributed by atoms with E-state index in [-0.39, 0.29) is 5.91 Å². The molecule has 17 heavy (non-hydrogen) atoms. The van der Waals surface area contributed by atoms with E-state index in [9.17, 15) is 4.79 Å². The number of hydrogen-bond donors (Lipinski definition) is 0. The molecule has 0 aliphatic heterocycles. The van der Waals surface area contributed by atoms with Crippen molar-refractivity contribution in [1.82, 2.24) is 9.88 Å². The highest BCUT2D eigenvalue weighted by Crippen LogP contribution is 2.05. The number of carbonyl (C=O) groups is 1. The molecule has 0 unspecified atom stereocenters. The zero-order valence-electron chi connectivity index (χ0n) is 11.0. The molecule has 0 aliphatic carbocycles. The first-order valence-corrected chi connectivity index (χ1v) is 6.22. The maximum absolute atomic E-state index is 11.8. The van der Waals surface area contributed by atoms with Crippen LogP contribution in [0.3, 0.4) is 0 Å². The Kier molecular flexibility index (Phi) is 5.67. The van der Waals surface area contributed by atoms with Crippen molar-refractivity contribution in [3.8, 4) is 0 Å². The fourth-order valence-electron chi connectivity index (χ4n) is 1.57. The lowest BCUT2D eigenvalue weighted by atomic mass is 10.1. The average Bonchev–Trinajstić information content (AvgIpc) is 2.34. The minimum atomic E-state index is 0.225. The molecule has 1 aromatic rings. The van der Waals surface area contributed by atoms with E-state index < -0.39 is 0 Å². The summed E-state index contributed by atoms with van der Waals surface area (Å²) in [5, 5.41) is 0. The minimum Gasteiger partial charge on any atom is -0.346 e. The van der Waals surface area contributed by atoms with E-state index in [4.69, 9.17) is 0 Å². The molecule has 0 radical (unpaired) electrons. The predicted molar refractivity (Wildman–Crippen MR) is 69.7 cm³/mol. The number of nitrogens with zero attached hydrogens (tertiary/aromatic N) is 2. The SMILES string of the molecule is CC(C)CCN(C)C(=O)CCc1ccncc1. The maximum atomic E-state index is 11.8. The van der Waals surface area contributed by atoms with Crippen LogP contribution in [0.25, 0.3) is 0 Å². The molecule has 3 heteroatoms. The smallest absolute Gasteiger partial charge is 0.222 e. The molecule has 3 nitrogen and oxygen atoms in total. The summed E-state index contributed by atoms with van der Waals surface area (Å²) in [4.78, 5) is 17.6. The lowest BCUT2D eigenvalue weighted by Gasteiger charge is -2.18. The van der Waals surface area contributed by atoms with Gasteiger partial charge in [-0.05, 0) is 36.5 Å². The Morgan fingerprint density at radius 1 is 1.35 bits per heavy atom. The van der Waals surface area contributed by atoms with E-state index in [1.165, 1.54) is 5.56 Å². The number of rotatable bonds is 6. The van der Waals surface area contributed by atoms with Gasteiger partial charge in [0.1, 0.15) is 0 Å². The molecule has 0 bridgehead atoms. The first kappa shape index (κ1) is 13.7. The third kappa shape index (κ3) is 5.48. The van der Waals surface area contributed by atoms with Gasteiger partial charge < -0.3 is 4.90 Å². The molecule has 1 heterocycles. The molecule has 0 spiro atoms. The highest BCUT2D eigenvalue weighted by molar-refractivity contribution is 5.76. The minimum absolute atomic E-state index is 0.225. The van der Waals surface area contributed by atoms with Gasteiger partial charge in [-0.25, -0.2) is 0 Å². The Balaban J connectivity index is 2.29. The number of hydrogen-bond acceptors (Lipinski definition) is 2. The third-order valence-corrected chi connectivity index (χ3v) is 2.84. The summed E-state index contributed by atoms with van der Waals surface area (Å²) >= 11 is 0. The van der Waals surface area contributed by atoms with Crippen LogP contribution >= 0.6 is 0 Å². The van der Waals surface area contributed by atoms with Crippen LogP contribution in [0.4, 0.5) is 0 Å². The molecule has 0 aliphatic rings. The van der Waals surface area contributed by atoms with Gasteiger partial charge in [-0.1, -0.05) is 13.8 Å². The van der Waals surface area contributed by atoms with E-state index in [1.807, 2.05) is 24.1 Å². The van der Waals surface area contributed by atoms with Crippen molar-refractivity contribution < 1.29 is 4.79 Å². The van der Waals surface area contributed by atoms with Gasteiger partial charge >= 0.3 is 0 Å². The van der Waals surface area contributed by atoms with Gasteiger partial charge in [0, 0.05) is 32.4 Å². The van der Waals surface area contributed by atoms with Crippen LogP contribution in [0, 0.1) is 5.92 Å². The molecule has 1 aromatic heterocycles. The van der Waals surface area contributed by atoms with Gasteiger partial charge in [-0.15, -0.1) is 0 Å². The molecule has 0 saturated heterocycles. The average molecular weight is 234 g/mol. The van der Waals surface area contributed by atoms with Gasteiger partial charge in [-0.3, -0.25) is 9.78 Å². The topological polar surface area (TPSA) is 33.2 Å². The van der Waals surface area contributed by atoms with Gasteiger partial charge in [0.15, 0.2) is 0 Å². The highest BCUT2D eigenvalue weighted by atomic mass is 16.2. The van der Waals surface area contributed by atoms with Crippen LogP contribution in [0.5, 0.6) is 0 Å². The molecule has 0 fully saturated rings. The van der Waals surface area contributed by atoms with Crippen LogP contribution < -0.4 is 0 Å². The lowest BCUT2D eigenvalue weighted by molar-refractivity contribution is -0.130. The molecular weight excluding hydrogens is 212 g/mol. The summed E-state index contributed by atoms with van der Waals surface area (Å²) in [6, 6.07) is 3.92. The van der Waals surface area contributed by atoms with Crippen LogP contribution in [0.1, 0.15) is 32.3 Å². The molecule has 0 N–H and O–H groups in total. The summed E-state index contributed by atoms with van der Waals surface area (Å²) in [5.74, 6) is 0.868. The Morgan fingerprint density at radius 2 is 2.00 bits per heavy atom.